The quantitative estimate of drug-likeness (QED) is 0.240. The molecule has 5 fully saturated rings. The first kappa shape index (κ1) is 37.6. The van der Waals surface area contributed by atoms with Crippen LogP contribution in [-0.2, 0) is 14.6 Å². The summed E-state index contributed by atoms with van der Waals surface area (Å²) in [5, 5.41) is 4.28. The maximum absolute atomic E-state index is 12.2. The van der Waals surface area contributed by atoms with E-state index in [2.05, 4.69) is 84.2 Å². The first-order valence-electron chi connectivity index (χ1n) is 20.2. The van der Waals surface area contributed by atoms with Gasteiger partial charge in [-0.25, -0.2) is 13.2 Å². The van der Waals surface area contributed by atoms with Crippen LogP contribution in [0.4, 0.5) is 0 Å². The van der Waals surface area contributed by atoms with Gasteiger partial charge in [0.1, 0.15) is 0 Å². The van der Waals surface area contributed by atoms with E-state index in [1.54, 1.807) is 0 Å². The third-order valence-corrected chi connectivity index (χ3v) is 18.9. The van der Waals surface area contributed by atoms with Gasteiger partial charge < -0.3 is 19.4 Å². The summed E-state index contributed by atoms with van der Waals surface area (Å²) in [5.74, 6) is 3.04. The predicted octanol–water partition coefficient (Wildman–Crippen LogP) is 7.08. The number of benzene rings is 1. The molecule has 284 valence electrons. The van der Waals surface area contributed by atoms with Crippen LogP contribution >= 0.6 is 0 Å². The second kappa shape index (κ2) is 12.7. The van der Waals surface area contributed by atoms with E-state index in [0.717, 1.165) is 37.1 Å². The minimum Gasteiger partial charge on any atom is -0.465 e. The molecular weight excluding hydrogens is 655 g/mol. The molecule has 51 heavy (non-hydrogen) atoms. The number of nitrogens with one attached hydrogen (secondary N) is 1. The minimum absolute atomic E-state index is 0.0453. The number of hydrogen-bond acceptors (Lipinski definition) is 6. The fourth-order valence-corrected chi connectivity index (χ4v) is 15.8. The van der Waals surface area contributed by atoms with Crippen LogP contribution in [0.25, 0.3) is 5.57 Å². The SMILES string of the molecule is COC(=O)c1ccc(C2=CC[C@]3(C)[C@H]4CC[C@@H]5[C@H]6[C@H](N(C)C)CC[C@]6(NCC[N+]6(C)CCS(=O)(=O)CC6)CC[C@@]5(C)[C@]4(C)CC[C@H]3C2(C)C)cc1. The molecule has 8 heteroatoms. The van der Waals surface area contributed by atoms with Crippen LogP contribution in [0.3, 0.4) is 0 Å². The Morgan fingerprint density at radius 1 is 0.902 bits per heavy atom. The van der Waals surface area contributed by atoms with Crippen LogP contribution in [0.1, 0.15) is 108 Å². The molecule has 6 aliphatic rings. The zero-order valence-corrected chi connectivity index (χ0v) is 34.1. The lowest BCUT2D eigenvalue weighted by molar-refractivity contribution is -0.905. The number of ether oxygens (including phenoxy) is 1. The van der Waals surface area contributed by atoms with E-state index < -0.39 is 9.84 Å². The zero-order chi connectivity index (χ0) is 36.8. The Labute approximate surface area is 309 Å². The molecule has 1 saturated heterocycles. The molecule has 1 aromatic carbocycles. The van der Waals surface area contributed by atoms with Crippen LogP contribution in [0.2, 0.25) is 0 Å². The number of carbonyl (C=O) groups is 1. The number of carbonyl (C=O) groups excluding carboxylic acids is 1. The number of likely N-dealkylation sites (N-methyl/N-ethyl adjacent to an activating group) is 1. The smallest absolute Gasteiger partial charge is 0.337 e. The zero-order valence-electron chi connectivity index (χ0n) is 33.3. The van der Waals surface area contributed by atoms with E-state index in [9.17, 15) is 13.2 Å². The second-order valence-electron chi connectivity index (χ2n) is 19.9. The Morgan fingerprint density at radius 2 is 1.59 bits per heavy atom. The summed E-state index contributed by atoms with van der Waals surface area (Å²) >= 11 is 0. The van der Waals surface area contributed by atoms with E-state index in [-0.39, 0.29) is 22.3 Å². The summed E-state index contributed by atoms with van der Waals surface area (Å²) in [6.45, 7) is 16.6. The van der Waals surface area contributed by atoms with Gasteiger partial charge in [0.25, 0.3) is 0 Å². The summed E-state index contributed by atoms with van der Waals surface area (Å²) in [7, 11) is 5.50. The molecule has 0 aromatic heterocycles. The average molecular weight is 723 g/mol. The van der Waals surface area contributed by atoms with E-state index in [1.807, 2.05) is 12.1 Å². The number of esters is 1. The standard InChI is InChI=1S/C43H68N3O4S/c1-39(2)32(30-10-12-31(13-11-30)38(47)50-9)16-19-40(3)35(39)18-20-42(5)36(40)15-14-33-37-34(45(6)7)17-21-43(37,23-22-41(33,42)4)44-24-25-46(8)26-28-51(48,49)29-27-46/h10-13,16,33-37,44H,14-15,17-29H2,1-9H3/q+1/t33-,34-,35+,36-,37+,40+,41-,42-,43+/m1/s1. The number of allylic oxidation sites excluding steroid dienone is 2. The minimum atomic E-state index is -2.87. The number of methoxy groups -OCH3 is 1. The molecule has 0 radical (unpaired) electrons. The third-order valence-electron chi connectivity index (χ3n) is 17.3. The monoisotopic (exact) mass is 722 g/mol. The third kappa shape index (κ3) is 5.82. The van der Waals surface area contributed by atoms with E-state index in [1.165, 1.54) is 69.6 Å². The van der Waals surface area contributed by atoms with Crippen molar-refractivity contribution in [3.8, 4) is 0 Å². The van der Waals surface area contributed by atoms with Crippen LogP contribution < -0.4 is 5.32 Å². The normalized spacial score (nSPS) is 42.2. The van der Waals surface area contributed by atoms with Crippen LogP contribution in [0.15, 0.2) is 30.3 Å². The van der Waals surface area contributed by atoms with Gasteiger partial charge in [-0.15, -0.1) is 0 Å². The van der Waals surface area contributed by atoms with E-state index in [4.69, 9.17) is 4.74 Å². The average Bonchev–Trinajstić information content (AvgIpc) is 3.46. The number of hydrogen-bond donors (Lipinski definition) is 1. The predicted molar refractivity (Wildman–Crippen MR) is 207 cm³/mol. The lowest BCUT2D eigenvalue weighted by Gasteiger charge is -2.72. The summed E-state index contributed by atoms with van der Waals surface area (Å²) in [6, 6.07) is 8.72. The molecule has 9 atom stereocenters. The molecule has 0 amide bonds. The van der Waals surface area contributed by atoms with Gasteiger partial charge in [0.2, 0.25) is 0 Å². The van der Waals surface area contributed by atoms with Gasteiger partial charge in [0.15, 0.2) is 9.84 Å². The van der Waals surface area contributed by atoms with Crippen molar-refractivity contribution in [2.45, 2.75) is 104 Å². The highest BCUT2D eigenvalue weighted by Gasteiger charge is 2.70. The summed E-state index contributed by atoms with van der Waals surface area (Å²) < 4.78 is 30.2. The highest BCUT2D eigenvalue weighted by molar-refractivity contribution is 7.91. The first-order valence-corrected chi connectivity index (χ1v) is 22.0. The van der Waals surface area contributed by atoms with Crippen LogP contribution in [0.5, 0.6) is 0 Å². The fraction of sp³-hybridized carbons (Fsp3) is 0.791. The summed E-state index contributed by atoms with van der Waals surface area (Å²) in [4.78, 5) is 14.7. The topological polar surface area (TPSA) is 75.7 Å². The number of sulfone groups is 1. The van der Waals surface area contributed by atoms with Gasteiger partial charge in [-0.1, -0.05) is 52.8 Å². The molecule has 1 aliphatic heterocycles. The largest absolute Gasteiger partial charge is 0.465 e. The number of nitrogens with zero attached hydrogens (tertiary/aromatic N) is 2. The highest BCUT2D eigenvalue weighted by atomic mass is 32.2. The summed E-state index contributed by atoms with van der Waals surface area (Å²) in [6.07, 6.45) is 14.0. The molecule has 0 spiro atoms. The van der Waals surface area contributed by atoms with Gasteiger partial charge in [0.05, 0.1) is 50.9 Å². The van der Waals surface area contributed by atoms with Crippen molar-refractivity contribution in [3.05, 3.63) is 41.5 Å². The Kier molecular flexibility index (Phi) is 9.33. The first-order chi connectivity index (χ1) is 23.8. The van der Waals surface area contributed by atoms with Crippen LogP contribution in [0, 0.1) is 45.3 Å². The van der Waals surface area contributed by atoms with Crippen molar-refractivity contribution in [1.29, 1.82) is 0 Å². The lowest BCUT2D eigenvalue weighted by Crippen LogP contribution is -2.69. The molecule has 1 aromatic rings. The maximum atomic E-state index is 12.2. The lowest BCUT2D eigenvalue weighted by atomic mass is 9.33. The van der Waals surface area contributed by atoms with Gasteiger partial charge in [-0.2, -0.15) is 0 Å². The van der Waals surface area contributed by atoms with Gasteiger partial charge in [-0.3, -0.25) is 0 Å². The van der Waals surface area contributed by atoms with Gasteiger partial charge in [-0.05, 0) is 140 Å². The van der Waals surface area contributed by atoms with Crippen molar-refractivity contribution < 1.29 is 22.4 Å². The summed E-state index contributed by atoms with van der Waals surface area (Å²) in [5.41, 5.74) is 4.38. The second-order valence-corrected chi connectivity index (χ2v) is 22.2. The van der Waals surface area contributed by atoms with Crippen molar-refractivity contribution >= 4 is 21.4 Å². The van der Waals surface area contributed by atoms with E-state index in [0.29, 0.717) is 57.6 Å². The Hall–Kier alpha value is -1.74. The number of rotatable bonds is 7. The molecule has 4 saturated carbocycles. The molecule has 5 aliphatic carbocycles. The molecular formula is C43H68N3O4S+. The Balaban J connectivity index is 1.14. The molecule has 7 rings (SSSR count). The van der Waals surface area contributed by atoms with Gasteiger partial charge in [0, 0.05) is 18.1 Å². The molecule has 1 heterocycles. The molecule has 7 nitrogen and oxygen atoms in total. The van der Waals surface area contributed by atoms with Crippen molar-refractivity contribution in [2.75, 3.05) is 65.9 Å². The Morgan fingerprint density at radius 3 is 2.24 bits per heavy atom. The van der Waals surface area contributed by atoms with Crippen molar-refractivity contribution in [1.82, 2.24) is 10.2 Å². The molecule has 0 bridgehead atoms. The molecule has 0 unspecified atom stereocenters. The van der Waals surface area contributed by atoms with E-state index >= 15 is 0 Å². The highest BCUT2D eigenvalue weighted by Crippen LogP contribution is 2.76. The fourth-order valence-electron chi connectivity index (χ4n) is 14.2. The van der Waals surface area contributed by atoms with Crippen LogP contribution in [-0.4, -0.2) is 101 Å². The van der Waals surface area contributed by atoms with Crippen molar-refractivity contribution in [3.63, 3.8) is 0 Å². The van der Waals surface area contributed by atoms with Gasteiger partial charge >= 0.3 is 5.97 Å². The van der Waals surface area contributed by atoms with Crippen molar-refractivity contribution in [2.24, 2.45) is 45.3 Å². The molecule has 1 N–H and O–H groups in total. The number of fused-ring (bicyclic) bond motifs is 7. The maximum Gasteiger partial charge on any atom is 0.337 e. The number of quaternary nitrogens is 1. The Bertz CT molecular complexity index is 1640.